The van der Waals surface area contributed by atoms with Crippen molar-refractivity contribution < 1.29 is 13.5 Å². The minimum atomic E-state index is -0.597. The van der Waals surface area contributed by atoms with E-state index in [2.05, 4.69) is 11.9 Å². The summed E-state index contributed by atoms with van der Waals surface area (Å²) < 4.78 is 31.3. The van der Waals surface area contributed by atoms with Gasteiger partial charge in [0.1, 0.15) is 17.4 Å². The molecule has 4 heteroatoms. The highest BCUT2D eigenvalue weighted by Gasteiger charge is 2.17. The summed E-state index contributed by atoms with van der Waals surface area (Å²) in [6, 6.07) is 3.28. The molecule has 1 heterocycles. The zero-order chi connectivity index (χ0) is 12.3. The van der Waals surface area contributed by atoms with Crippen molar-refractivity contribution in [1.29, 1.82) is 0 Å². The molecule has 1 aliphatic rings. The molecule has 2 nitrogen and oxygen atoms in total. The lowest BCUT2D eigenvalue weighted by atomic mass is 10.00. The van der Waals surface area contributed by atoms with Crippen LogP contribution in [0.4, 0.5) is 8.78 Å². The molecular weight excluding hydrogens is 224 g/mol. The zero-order valence-corrected chi connectivity index (χ0v) is 9.96. The summed E-state index contributed by atoms with van der Waals surface area (Å²) in [7, 11) is 2.08. The van der Waals surface area contributed by atoms with E-state index in [0.29, 0.717) is 12.5 Å². The van der Waals surface area contributed by atoms with E-state index in [1.165, 1.54) is 12.1 Å². The molecule has 0 N–H and O–H groups in total. The molecule has 2 rings (SSSR count). The molecule has 1 aromatic carbocycles. The van der Waals surface area contributed by atoms with Crippen molar-refractivity contribution in [3.8, 4) is 5.75 Å². The molecule has 17 heavy (non-hydrogen) atoms. The zero-order valence-electron chi connectivity index (χ0n) is 9.96. The van der Waals surface area contributed by atoms with E-state index >= 15 is 0 Å². The van der Waals surface area contributed by atoms with Gasteiger partial charge in [0.2, 0.25) is 0 Å². The van der Waals surface area contributed by atoms with Crippen LogP contribution in [-0.4, -0.2) is 31.6 Å². The highest BCUT2D eigenvalue weighted by molar-refractivity contribution is 5.23. The van der Waals surface area contributed by atoms with Gasteiger partial charge in [0.05, 0.1) is 6.61 Å². The van der Waals surface area contributed by atoms with Gasteiger partial charge in [-0.1, -0.05) is 0 Å². The molecular formula is C13H17F2NO. The Hall–Kier alpha value is -1.16. The first kappa shape index (κ1) is 12.3. The predicted octanol–water partition coefficient (Wildman–Crippen LogP) is 2.69. The van der Waals surface area contributed by atoms with Gasteiger partial charge in [-0.05, 0) is 26.4 Å². The Bertz CT molecular complexity index is 363. The minimum absolute atomic E-state index is 0.274. The van der Waals surface area contributed by atoms with Gasteiger partial charge in [0.15, 0.2) is 0 Å². The second-order valence-corrected chi connectivity index (χ2v) is 4.69. The predicted molar refractivity (Wildman–Crippen MR) is 62.1 cm³/mol. The van der Waals surface area contributed by atoms with Crippen LogP contribution in [0.5, 0.6) is 5.75 Å². The lowest BCUT2D eigenvalue weighted by Crippen LogP contribution is -2.34. The largest absolute Gasteiger partial charge is 0.493 e. The number of nitrogens with zero attached hydrogens (tertiary/aromatic N) is 1. The van der Waals surface area contributed by atoms with Gasteiger partial charge >= 0.3 is 0 Å². The van der Waals surface area contributed by atoms with Gasteiger partial charge in [-0.2, -0.15) is 0 Å². The molecule has 1 aliphatic heterocycles. The number of hydrogen-bond donors (Lipinski definition) is 0. The van der Waals surface area contributed by atoms with E-state index in [-0.39, 0.29) is 5.75 Å². The van der Waals surface area contributed by atoms with E-state index in [1.54, 1.807) is 0 Å². The monoisotopic (exact) mass is 241 g/mol. The molecule has 1 atom stereocenters. The van der Waals surface area contributed by atoms with Crippen LogP contribution in [0.2, 0.25) is 0 Å². The summed E-state index contributed by atoms with van der Waals surface area (Å²) in [5, 5.41) is 0. The van der Waals surface area contributed by atoms with E-state index in [9.17, 15) is 8.78 Å². The molecule has 0 aliphatic carbocycles. The maximum absolute atomic E-state index is 12.9. The standard InChI is InChI=1S/C13H17F2NO/c1-16-4-2-3-10(8-16)9-17-13-6-11(14)5-12(15)7-13/h5-7,10H,2-4,8-9H2,1H3. The maximum atomic E-state index is 12.9. The molecule has 1 unspecified atom stereocenters. The first-order chi connectivity index (χ1) is 8.13. The summed E-state index contributed by atoms with van der Waals surface area (Å²) in [6.45, 7) is 2.62. The number of piperidine rings is 1. The van der Waals surface area contributed by atoms with E-state index in [1.807, 2.05) is 0 Å². The second kappa shape index (κ2) is 5.45. The van der Waals surface area contributed by atoms with Crippen LogP contribution in [-0.2, 0) is 0 Å². The highest BCUT2D eigenvalue weighted by Crippen LogP contribution is 2.19. The van der Waals surface area contributed by atoms with Crippen molar-refractivity contribution >= 4 is 0 Å². The molecule has 1 saturated heterocycles. The molecule has 0 bridgehead atoms. The van der Waals surface area contributed by atoms with E-state index in [0.717, 1.165) is 32.0 Å². The SMILES string of the molecule is CN1CCCC(COc2cc(F)cc(F)c2)C1. The normalized spacial score (nSPS) is 21.5. The quantitative estimate of drug-likeness (QED) is 0.806. The van der Waals surface area contributed by atoms with Gasteiger partial charge in [-0.25, -0.2) is 8.78 Å². The van der Waals surface area contributed by atoms with Crippen molar-refractivity contribution in [2.24, 2.45) is 5.92 Å². The topological polar surface area (TPSA) is 12.5 Å². The second-order valence-electron chi connectivity index (χ2n) is 4.69. The summed E-state index contributed by atoms with van der Waals surface area (Å²) >= 11 is 0. The third-order valence-electron chi connectivity index (χ3n) is 3.04. The average molecular weight is 241 g/mol. The third kappa shape index (κ3) is 3.66. The van der Waals surface area contributed by atoms with Crippen molar-refractivity contribution in [3.63, 3.8) is 0 Å². The Morgan fingerprint density at radius 2 is 2.00 bits per heavy atom. The summed E-state index contributed by atoms with van der Waals surface area (Å²) in [5.74, 6) is -0.475. The summed E-state index contributed by atoms with van der Waals surface area (Å²) in [4.78, 5) is 2.25. The van der Waals surface area contributed by atoms with Crippen molar-refractivity contribution in [1.82, 2.24) is 4.90 Å². The molecule has 0 amide bonds. The molecule has 0 spiro atoms. The number of likely N-dealkylation sites (tertiary alicyclic amines) is 1. The van der Waals surface area contributed by atoms with Crippen LogP contribution in [0.3, 0.4) is 0 Å². The minimum Gasteiger partial charge on any atom is -0.493 e. The van der Waals surface area contributed by atoms with Crippen molar-refractivity contribution in [3.05, 3.63) is 29.8 Å². The Labute approximate surface area is 100 Å². The first-order valence-electron chi connectivity index (χ1n) is 5.91. The van der Waals surface area contributed by atoms with Crippen LogP contribution < -0.4 is 4.74 Å². The molecule has 0 saturated carbocycles. The Morgan fingerprint density at radius 1 is 1.29 bits per heavy atom. The van der Waals surface area contributed by atoms with Crippen LogP contribution in [0.1, 0.15) is 12.8 Å². The number of halogens is 2. The van der Waals surface area contributed by atoms with Crippen LogP contribution in [0, 0.1) is 17.6 Å². The van der Waals surface area contributed by atoms with Crippen LogP contribution >= 0.6 is 0 Å². The van der Waals surface area contributed by atoms with Crippen molar-refractivity contribution in [2.45, 2.75) is 12.8 Å². The van der Waals surface area contributed by atoms with Gasteiger partial charge in [0.25, 0.3) is 0 Å². The molecule has 1 fully saturated rings. The first-order valence-corrected chi connectivity index (χ1v) is 5.91. The summed E-state index contributed by atoms with van der Waals surface area (Å²) in [5.41, 5.74) is 0. The number of hydrogen-bond acceptors (Lipinski definition) is 2. The van der Waals surface area contributed by atoms with Crippen molar-refractivity contribution in [2.75, 3.05) is 26.7 Å². The van der Waals surface area contributed by atoms with Crippen LogP contribution in [0.15, 0.2) is 18.2 Å². The van der Waals surface area contributed by atoms with Gasteiger partial charge < -0.3 is 9.64 Å². The number of rotatable bonds is 3. The Balaban J connectivity index is 1.88. The smallest absolute Gasteiger partial charge is 0.129 e. The summed E-state index contributed by atoms with van der Waals surface area (Å²) in [6.07, 6.45) is 2.27. The van der Waals surface area contributed by atoms with Gasteiger partial charge in [-0.3, -0.25) is 0 Å². The Kier molecular flexibility index (Phi) is 3.94. The molecule has 94 valence electrons. The fourth-order valence-electron chi connectivity index (χ4n) is 2.24. The third-order valence-corrected chi connectivity index (χ3v) is 3.04. The maximum Gasteiger partial charge on any atom is 0.129 e. The van der Waals surface area contributed by atoms with E-state index < -0.39 is 11.6 Å². The average Bonchev–Trinajstić information content (AvgIpc) is 2.25. The molecule has 0 aromatic heterocycles. The van der Waals surface area contributed by atoms with E-state index in [4.69, 9.17) is 4.74 Å². The lowest BCUT2D eigenvalue weighted by molar-refractivity contribution is 0.150. The number of benzene rings is 1. The Morgan fingerprint density at radius 3 is 2.65 bits per heavy atom. The number of ether oxygens (including phenoxy) is 1. The van der Waals surface area contributed by atoms with Crippen LogP contribution in [0.25, 0.3) is 0 Å². The fourth-order valence-corrected chi connectivity index (χ4v) is 2.24. The highest BCUT2D eigenvalue weighted by atomic mass is 19.1. The fraction of sp³-hybridized carbons (Fsp3) is 0.538. The molecule has 1 aromatic rings. The molecule has 0 radical (unpaired) electrons. The van der Waals surface area contributed by atoms with Gasteiger partial charge in [-0.15, -0.1) is 0 Å². The lowest BCUT2D eigenvalue weighted by Gasteiger charge is -2.29. The van der Waals surface area contributed by atoms with Gasteiger partial charge in [0, 0.05) is 30.7 Å².